The van der Waals surface area contributed by atoms with Crippen LogP contribution < -0.4 is 0 Å². The highest BCUT2D eigenvalue weighted by atomic mass is 16.4. The first kappa shape index (κ1) is 14.0. The van der Waals surface area contributed by atoms with Gasteiger partial charge in [0.05, 0.1) is 11.3 Å². The van der Waals surface area contributed by atoms with Crippen LogP contribution in [-0.4, -0.2) is 34.0 Å². The van der Waals surface area contributed by atoms with Crippen molar-refractivity contribution in [2.45, 2.75) is 45.1 Å². The monoisotopic (exact) mass is 262 g/mol. The zero-order valence-corrected chi connectivity index (χ0v) is 11.3. The van der Waals surface area contributed by atoms with Crippen LogP contribution in [0.25, 0.3) is 0 Å². The van der Waals surface area contributed by atoms with Crippen molar-refractivity contribution in [3.05, 3.63) is 29.6 Å². The Labute approximate surface area is 114 Å². The lowest BCUT2D eigenvalue weighted by Gasteiger charge is -2.21. The zero-order chi connectivity index (χ0) is 13.5. The van der Waals surface area contributed by atoms with Crippen molar-refractivity contribution >= 4 is 5.97 Å². The Balaban J connectivity index is 2.03. The number of carbonyl (C=O) groups is 1. The topological polar surface area (TPSA) is 53.4 Å². The molecule has 104 valence electrons. The Morgan fingerprint density at radius 3 is 2.42 bits per heavy atom. The maximum absolute atomic E-state index is 11.2. The summed E-state index contributed by atoms with van der Waals surface area (Å²) in [5.74, 6) is -0.882. The Bertz CT molecular complexity index is 410. The van der Waals surface area contributed by atoms with Crippen LogP contribution in [0.3, 0.4) is 0 Å². The molecule has 0 radical (unpaired) electrons. The second-order valence-corrected chi connectivity index (χ2v) is 5.20. The lowest BCUT2D eigenvalue weighted by atomic mass is 10.1. The van der Waals surface area contributed by atoms with Crippen molar-refractivity contribution < 1.29 is 9.90 Å². The smallest absolute Gasteiger partial charge is 0.337 e. The molecule has 0 aliphatic carbocycles. The third-order valence-electron chi connectivity index (χ3n) is 3.69. The second kappa shape index (κ2) is 7.24. The van der Waals surface area contributed by atoms with E-state index in [1.54, 1.807) is 18.3 Å². The second-order valence-electron chi connectivity index (χ2n) is 5.20. The summed E-state index contributed by atoms with van der Waals surface area (Å²) < 4.78 is 0. The Morgan fingerprint density at radius 2 is 1.79 bits per heavy atom. The summed E-state index contributed by atoms with van der Waals surface area (Å²) in [6, 6.07) is 3.33. The zero-order valence-electron chi connectivity index (χ0n) is 11.3. The Morgan fingerprint density at radius 1 is 1.16 bits per heavy atom. The largest absolute Gasteiger partial charge is 0.478 e. The van der Waals surface area contributed by atoms with Gasteiger partial charge in [-0.25, -0.2) is 4.79 Å². The van der Waals surface area contributed by atoms with Gasteiger partial charge in [0.1, 0.15) is 0 Å². The predicted molar refractivity (Wildman–Crippen MR) is 74.2 cm³/mol. The van der Waals surface area contributed by atoms with Crippen molar-refractivity contribution in [2.75, 3.05) is 13.1 Å². The van der Waals surface area contributed by atoms with E-state index in [0.29, 0.717) is 17.8 Å². The minimum atomic E-state index is -0.882. The molecular weight excluding hydrogens is 240 g/mol. The highest BCUT2D eigenvalue weighted by molar-refractivity contribution is 5.88. The SMILES string of the molecule is O=C(O)c1cccnc1CN1CCCCCCCC1. The van der Waals surface area contributed by atoms with Gasteiger partial charge >= 0.3 is 5.97 Å². The quantitative estimate of drug-likeness (QED) is 0.910. The van der Waals surface area contributed by atoms with E-state index >= 15 is 0 Å². The number of aromatic carboxylic acids is 1. The van der Waals surface area contributed by atoms with Crippen molar-refractivity contribution in [2.24, 2.45) is 0 Å². The van der Waals surface area contributed by atoms with E-state index in [-0.39, 0.29) is 0 Å². The number of aromatic nitrogens is 1. The van der Waals surface area contributed by atoms with Crippen LogP contribution >= 0.6 is 0 Å². The molecule has 1 aliphatic rings. The number of carboxylic acid groups (broad SMARTS) is 1. The van der Waals surface area contributed by atoms with Crippen LogP contribution in [0.15, 0.2) is 18.3 Å². The van der Waals surface area contributed by atoms with Crippen LogP contribution in [0, 0.1) is 0 Å². The third-order valence-corrected chi connectivity index (χ3v) is 3.69. The average Bonchev–Trinajstić information content (AvgIpc) is 2.53. The Kier molecular flexibility index (Phi) is 5.33. The van der Waals surface area contributed by atoms with Gasteiger partial charge in [-0.2, -0.15) is 0 Å². The summed E-state index contributed by atoms with van der Waals surface area (Å²) >= 11 is 0. The normalized spacial score (nSPS) is 18.3. The van der Waals surface area contributed by atoms with E-state index in [0.717, 1.165) is 13.1 Å². The van der Waals surface area contributed by atoms with Gasteiger partial charge in [-0.15, -0.1) is 0 Å². The number of rotatable bonds is 3. The first-order chi connectivity index (χ1) is 9.27. The summed E-state index contributed by atoms with van der Waals surface area (Å²) in [4.78, 5) is 17.8. The fourth-order valence-corrected chi connectivity index (χ4v) is 2.62. The van der Waals surface area contributed by atoms with Gasteiger partial charge in [-0.1, -0.05) is 25.7 Å². The molecular formula is C15H22N2O2. The molecule has 1 N–H and O–H groups in total. The molecule has 0 atom stereocenters. The van der Waals surface area contributed by atoms with E-state index < -0.39 is 5.97 Å². The van der Waals surface area contributed by atoms with E-state index in [4.69, 9.17) is 0 Å². The molecule has 4 nitrogen and oxygen atoms in total. The highest BCUT2D eigenvalue weighted by Gasteiger charge is 2.14. The van der Waals surface area contributed by atoms with E-state index in [1.807, 2.05) is 0 Å². The van der Waals surface area contributed by atoms with Crippen LogP contribution in [0.5, 0.6) is 0 Å². The molecule has 2 rings (SSSR count). The van der Waals surface area contributed by atoms with Crippen molar-refractivity contribution in [1.82, 2.24) is 9.88 Å². The molecule has 0 saturated carbocycles. The maximum Gasteiger partial charge on any atom is 0.337 e. The molecule has 1 aromatic heterocycles. The molecule has 1 fully saturated rings. The summed E-state index contributed by atoms with van der Waals surface area (Å²) in [5, 5.41) is 9.18. The number of hydrogen-bond acceptors (Lipinski definition) is 3. The molecule has 1 aliphatic heterocycles. The fraction of sp³-hybridized carbons (Fsp3) is 0.600. The molecule has 0 amide bonds. The molecule has 4 heteroatoms. The average molecular weight is 262 g/mol. The van der Waals surface area contributed by atoms with Crippen molar-refractivity contribution in [1.29, 1.82) is 0 Å². The molecule has 0 unspecified atom stereocenters. The van der Waals surface area contributed by atoms with Gasteiger partial charge in [0.15, 0.2) is 0 Å². The standard InChI is InChI=1S/C15H22N2O2/c18-15(19)13-8-7-9-16-14(13)12-17-10-5-3-1-2-4-6-11-17/h7-9H,1-6,10-12H2,(H,18,19). The van der Waals surface area contributed by atoms with Gasteiger partial charge in [0.25, 0.3) is 0 Å². The molecule has 0 bridgehead atoms. The number of carboxylic acids is 1. The summed E-state index contributed by atoms with van der Waals surface area (Å²) in [6.45, 7) is 2.76. The molecule has 1 aromatic rings. The van der Waals surface area contributed by atoms with Gasteiger partial charge in [0, 0.05) is 12.7 Å². The molecule has 19 heavy (non-hydrogen) atoms. The molecule has 0 aromatic carbocycles. The van der Waals surface area contributed by atoms with Gasteiger partial charge in [-0.05, 0) is 38.1 Å². The van der Waals surface area contributed by atoms with E-state index in [9.17, 15) is 9.90 Å². The van der Waals surface area contributed by atoms with Gasteiger partial charge < -0.3 is 5.11 Å². The minimum Gasteiger partial charge on any atom is -0.478 e. The predicted octanol–water partition coefficient (Wildman–Crippen LogP) is 2.94. The van der Waals surface area contributed by atoms with Gasteiger partial charge in [-0.3, -0.25) is 9.88 Å². The van der Waals surface area contributed by atoms with Crippen molar-refractivity contribution in [3.63, 3.8) is 0 Å². The lowest BCUT2D eigenvalue weighted by Crippen LogP contribution is -2.27. The first-order valence-corrected chi connectivity index (χ1v) is 7.17. The molecule has 2 heterocycles. The number of hydrogen-bond donors (Lipinski definition) is 1. The minimum absolute atomic E-state index is 0.336. The Hall–Kier alpha value is -1.42. The van der Waals surface area contributed by atoms with Gasteiger partial charge in [0.2, 0.25) is 0 Å². The maximum atomic E-state index is 11.2. The van der Waals surface area contributed by atoms with Crippen LogP contribution in [-0.2, 0) is 6.54 Å². The molecule has 1 saturated heterocycles. The summed E-state index contributed by atoms with van der Waals surface area (Å²) in [6.07, 6.45) is 9.31. The van der Waals surface area contributed by atoms with E-state index in [1.165, 1.54) is 38.5 Å². The van der Waals surface area contributed by atoms with E-state index in [2.05, 4.69) is 9.88 Å². The first-order valence-electron chi connectivity index (χ1n) is 7.17. The highest BCUT2D eigenvalue weighted by Crippen LogP contribution is 2.14. The number of nitrogens with zero attached hydrogens (tertiary/aromatic N) is 2. The fourth-order valence-electron chi connectivity index (χ4n) is 2.62. The lowest BCUT2D eigenvalue weighted by molar-refractivity contribution is 0.0693. The summed E-state index contributed by atoms with van der Waals surface area (Å²) in [5.41, 5.74) is 1.02. The number of pyridine rings is 1. The third kappa shape index (κ3) is 4.31. The molecule has 0 spiro atoms. The van der Waals surface area contributed by atoms with Crippen LogP contribution in [0.1, 0.15) is 54.6 Å². The van der Waals surface area contributed by atoms with Crippen molar-refractivity contribution in [3.8, 4) is 0 Å². The summed E-state index contributed by atoms with van der Waals surface area (Å²) in [7, 11) is 0. The van der Waals surface area contributed by atoms with Crippen LogP contribution in [0.2, 0.25) is 0 Å². The van der Waals surface area contributed by atoms with Crippen LogP contribution in [0.4, 0.5) is 0 Å².